The third kappa shape index (κ3) is 4.10. The molecule has 86 valence electrons. The van der Waals surface area contributed by atoms with Crippen molar-refractivity contribution in [2.24, 2.45) is 5.73 Å². The van der Waals surface area contributed by atoms with Crippen molar-refractivity contribution >= 4 is 12.4 Å². The lowest BCUT2D eigenvalue weighted by atomic mass is 10.0. The summed E-state index contributed by atoms with van der Waals surface area (Å²) in [5.74, 6) is 0. The van der Waals surface area contributed by atoms with Crippen molar-refractivity contribution in [3.8, 4) is 0 Å². The van der Waals surface area contributed by atoms with Crippen molar-refractivity contribution in [1.82, 2.24) is 0 Å². The van der Waals surface area contributed by atoms with Gasteiger partial charge in [0.2, 0.25) is 0 Å². The van der Waals surface area contributed by atoms with Crippen LogP contribution < -0.4 is 5.73 Å². The van der Waals surface area contributed by atoms with Crippen LogP contribution in [0.15, 0.2) is 24.3 Å². The third-order valence-corrected chi connectivity index (χ3v) is 1.86. The summed E-state index contributed by atoms with van der Waals surface area (Å²) in [5, 5.41) is 0. The Kier molecular flexibility index (Phi) is 5.11. The van der Waals surface area contributed by atoms with Crippen LogP contribution in [-0.4, -0.2) is 6.04 Å². The molecule has 2 N–H and O–H groups in total. The molecule has 0 heterocycles. The Labute approximate surface area is 92.9 Å². The van der Waals surface area contributed by atoms with E-state index in [1.165, 1.54) is 12.1 Å². The lowest BCUT2D eigenvalue weighted by molar-refractivity contribution is -0.138. The van der Waals surface area contributed by atoms with Gasteiger partial charge in [-0.05, 0) is 25.0 Å². The Morgan fingerprint density at radius 3 is 2.27 bits per heavy atom. The standard InChI is InChI=1S/C10H12F3N.ClH/c1-7(14)6-8-4-2-3-5-9(8)10(11,12)13;/h2-5,7H,6,14H2,1H3;1H. The number of rotatable bonds is 2. The number of halogens is 4. The van der Waals surface area contributed by atoms with Crippen molar-refractivity contribution in [1.29, 1.82) is 0 Å². The first-order chi connectivity index (χ1) is 6.41. The summed E-state index contributed by atoms with van der Waals surface area (Å²) < 4.78 is 37.4. The molecule has 5 heteroatoms. The molecule has 1 rings (SSSR count). The van der Waals surface area contributed by atoms with E-state index < -0.39 is 11.7 Å². The molecule has 0 bridgehead atoms. The van der Waals surface area contributed by atoms with E-state index >= 15 is 0 Å². The second-order valence-corrected chi connectivity index (χ2v) is 3.34. The van der Waals surface area contributed by atoms with E-state index in [1.807, 2.05) is 0 Å². The highest BCUT2D eigenvalue weighted by molar-refractivity contribution is 5.85. The molecule has 0 aliphatic heterocycles. The van der Waals surface area contributed by atoms with E-state index in [0.717, 1.165) is 6.07 Å². The first kappa shape index (κ1) is 14.3. The predicted molar refractivity (Wildman–Crippen MR) is 56.0 cm³/mol. The lowest BCUT2D eigenvalue weighted by Crippen LogP contribution is -2.20. The van der Waals surface area contributed by atoms with Gasteiger partial charge < -0.3 is 5.73 Å². The van der Waals surface area contributed by atoms with Crippen LogP contribution in [0.1, 0.15) is 18.1 Å². The number of alkyl halides is 3. The molecule has 0 saturated carbocycles. The molecule has 0 saturated heterocycles. The van der Waals surface area contributed by atoms with Crippen LogP contribution in [-0.2, 0) is 12.6 Å². The molecule has 1 aromatic carbocycles. The van der Waals surface area contributed by atoms with Crippen LogP contribution in [0.25, 0.3) is 0 Å². The second-order valence-electron chi connectivity index (χ2n) is 3.34. The molecule has 1 unspecified atom stereocenters. The fraction of sp³-hybridized carbons (Fsp3) is 0.400. The highest BCUT2D eigenvalue weighted by Crippen LogP contribution is 2.32. The van der Waals surface area contributed by atoms with Gasteiger partial charge in [-0.3, -0.25) is 0 Å². The van der Waals surface area contributed by atoms with Gasteiger partial charge in [-0.2, -0.15) is 13.2 Å². The summed E-state index contributed by atoms with van der Waals surface area (Å²) >= 11 is 0. The van der Waals surface area contributed by atoms with Crippen LogP contribution in [0.3, 0.4) is 0 Å². The fourth-order valence-electron chi connectivity index (χ4n) is 1.32. The van der Waals surface area contributed by atoms with E-state index in [1.54, 1.807) is 13.0 Å². The van der Waals surface area contributed by atoms with Crippen molar-refractivity contribution in [2.45, 2.75) is 25.6 Å². The van der Waals surface area contributed by atoms with Crippen molar-refractivity contribution < 1.29 is 13.2 Å². The maximum absolute atomic E-state index is 12.5. The first-order valence-electron chi connectivity index (χ1n) is 4.32. The molecule has 1 nitrogen and oxygen atoms in total. The topological polar surface area (TPSA) is 26.0 Å². The predicted octanol–water partition coefficient (Wildman–Crippen LogP) is 3.02. The number of benzene rings is 1. The number of hydrogen-bond acceptors (Lipinski definition) is 1. The Morgan fingerprint density at radius 1 is 1.27 bits per heavy atom. The van der Waals surface area contributed by atoms with E-state index in [0.29, 0.717) is 0 Å². The Morgan fingerprint density at radius 2 is 1.80 bits per heavy atom. The van der Waals surface area contributed by atoms with Crippen LogP contribution in [0.4, 0.5) is 13.2 Å². The summed E-state index contributed by atoms with van der Waals surface area (Å²) in [6, 6.07) is 5.25. The molecule has 0 amide bonds. The molecule has 0 fully saturated rings. The van der Waals surface area contributed by atoms with Gasteiger partial charge in [-0.25, -0.2) is 0 Å². The summed E-state index contributed by atoms with van der Waals surface area (Å²) in [5.41, 5.74) is 5.14. The molecule has 0 spiro atoms. The number of nitrogens with two attached hydrogens (primary N) is 1. The van der Waals surface area contributed by atoms with Gasteiger partial charge in [0.05, 0.1) is 5.56 Å². The summed E-state index contributed by atoms with van der Waals surface area (Å²) in [7, 11) is 0. The van der Waals surface area contributed by atoms with E-state index in [4.69, 9.17) is 5.73 Å². The molecule has 0 aromatic heterocycles. The van der Waals surface area contributed by atoms with Crippen LogP contribution in [0, 0.1) is 0 Å². The first-order valence-corrected chi connectivity index (χ1v) is 4.32. The average molecular weight is 240 g/mol. The fourth-order valence-corrected chi connectivity index (χ4v) is 1.32. The van der Waals surface area contributed by atoms with Crippen molar-refractivity contribution in [3.05, 3.63) is 35.4 Å². The Bertz CT molecular complexity index is 310. The molecule has 1 atom stereocenters. The maximum atomic E-state index is 12.5. The lowest BCUT2D eigenvalue weighted by Gasteiger charge is -2.13. The molecule has 0 radical (unpaired) electrons. The maximum Gasteiger partial charge on any atom is 0.416 e. The quantitative estimate of drug-likeness (QED) is 0.844. The van der Waals surface area contributed by atoms with Gasteiger partial charge in [0, 0.05) is 6.04 Å². The van der Waals surface area contributed by atoms with E-state index in [2.05, 4.69) is 0 Å². The van der Waals surface area contributed by atoms with Gasteiger partial charge in [0.1, 0.15) is 0 Å². The Balaban J connectivity index is 0.00000196. The highest BCUT2D eigenvalue weighted by Gasteiger charge is 2.32. The van der Waals surface area contributed by atoms with Crippen molar-refractivity contribution in [3.63, 3.8) is 0 Å². The highest BCUT2D eigenvalue weighted by atomic mass is 35.5. The molecule has 1 aromatic rings. The largest absolute Gasteiger partial charge is 0.416 e. The van der Waals surface area contributed by atoms with Gasteiger partial charge in [0.15, 0.2) is 0 Å². The molecule has 15 heavy (non-hydrogen) atoms. The second kappa shape index (κ2) is 5.37. The average Bonchev–Trinajstić information content (AvgIpc) is 2.01. The van der Waals surface area contributed by atoms with Gasteiger partial charge in [-0.15, -0.1) is 12.4 Å². The third-order valence-electron chi connectivity index (χ3n) is 1.86. The smallest absolute Gasteiger partial charge is 0.328 e. The summed E-state index contributed by atoms with van der Waals surface area (Å²) in [6.07, 6.45) is -4.04. The van der Waals surface area contributed by atoms with Crippen LogP contribution in [0.2, 0.25) is 0 Å². The molecule has 0 aliphatic carbocycles. The summed E-state index contributed by atoms with van der Waals surface area (Å²) in [4.78, 5) is 0. The molecular formula is C10H13ClF3N. The Hall–Kier alpha value is -0.740. The monoisotopic (exact) mass is 239 g/mol. The van der Waals surface area contributed by atoms with Gasteiger partial charge in [0.25, 0.3) is 0 Å². The minimum absolute atomic E-state index is 0. The zero-order valence-electron chi connectivity index (χ0n) is 8.21. The van der Waals surface area contributed by atoms with Crippen LogP contribution >= 0.6 is 12.4 Å². The van der Waals surface area contributed by atoms with Crippen LogP contribution in [0.5, 0.6) is 0 Å². The molecule has 0 aliphatic rings. The zero-order chi connectivity index (χ0) is 10.8. The SMILES string of the molecule is CC(N)Cc1ccccc1C(F)(F)F.Cl. The zero-order valence-corrected chi connectivity index (χ0v) is 9.03. The van der Waals surface area contributed by atoms with E-state index in [9.17, 15) is 13.2 Å². The molecular weight excluding hydrogens is 227 g/mol. The minimum Gasteiger partial charge on any atom is -0.328 e. The van der Waals surface area contributed by atoms with E-state index in [-0.39, 0.29) is 30.4 Å². The normalized spacial score (nSPS) is 13.1. The summed E-state index contributed by atoms with van der Waals surface area (Å²) in [6.45, 7) is 1.69. The minimum atomic E-state index is -4.29. The number of hydrogen-bond donors (Lipinski definition) is 1. The van der Waals surface area contributed by atoms with Crippen molar-refractivity contribution in [2.75, 3.05) is 0 Å². The van der Waals surface area contributed by atoms with Gasteiger partial charge >= 0.3 is 6.18 Å². The van der Waals surface area contributed by atoms with Gasteiger partial charge in [-0.1, -0.05) is 18.2 Å².